The first kappa shape index (κ1) is 23.6. The average molecular weight is 539 g/mol. The van der Waals surface area contributed by atoms with Crippen molar-refractivity contribution in [1.82, 2.24) is 29.1 Å². The van der Waals surface area contributed by atoms with Crippen molar-refractivity contribution in [3.63, 3.8) is 0 Å². The SMILES string of the molecule is N#Cc1cc(Cn2cc(-c3cnc4ccn5c(C(N)=O)c(-c6c(Cl)cccc6Cl)nc5c4c3)cn2)ccn1. The van der Waals surface area contributed by atoms with E-state index in [0.717, 1.165) is 16.7 Å². The van der Waals surface area contributed by atoms with E-state index in [0.29, 0.717) is 50.1 Å². The molecule has 0 fully saturated rings. The van der Waals surface area contributed by atoms with Gasteiger partial charge in [-0.15, -0.1) is 0 Å². The van der Waals surface area contributed by atoms with Crippen LogP contribution < -0.4 is 5.73 Å². The maximum atomic E-state index is 12.5. The van der Waals surface area contributed by atoms with Gasteiger partial charge < -0.3 is 5.73 Å². The van der Waals surface area contributed by atoms with E-state index in [1.807, 2.05) is 24.4 Å². The second-order valence-corrected chi connectivity index (χ2v) is 9.34. The number of halogens is 2. The van der Waals surface area contributed by atoms with Gasteiger partial charge in [0.1, 0.15) is 28.8 Å². The van der Waals surface area contributed by atoms with E-state index in [2.05, 4.69) is 15.1 Å². The average Bonchev–Trinajstić information content (AvgIpc) is 3.53. The van der Waals surface area contributed by atoms with Crippen LogP contribution in [0.1, 0.15) is 21.7 Å². The molecular formula is C27H16Cl2N8O. The lowest BCUT2D eigenvalue weighted by Crippen LogP contribution is -2.15. The normalized spacial score (nSPS) is 11.2. The van der Waals surface area contributed by atoms with Gasteiger partial charge in [-0.3, -0.25) is 18.9 Å². The summed E-state index contributed by atoms with van der Waals surface area (Å²) in [5.74, 6) is -0.663. The Balaban J connectivity index is 1.47. The summed E-state index contributed by atoms with van der Waals surface area (Å²) in [6.45, 7) is 0.479. The van der Waals surface area contributed by atoms with Gasteiger partial charge in [-0.1, -0.05) is 29.3 Å². The monoisotopic (exact) mass is 538 g/mol. The molecule has 2 N–H and O–H groups in total. The molecule has 1 aromatic carbocycles. The molecule has 5 heterocycles. The maximum absolute atomic E-state index is 12.5. The molecule has 1 amide bonds. The number of imidazole rings is 1. The summed E-state index contributed by atoms with van der Waals surface area (Å²) < 4.78 is 3.40. The van der Waals surface area contributed by atoms with E-state index in [9.17, 15) is 4.79 Å². The van der Waals surface area contributed by atoms with Crippen molar-refractivity contribution < 1.29 is 4.79 Å². The molecule has 38 heavy (non-hydrogen) atoms. The highest BCUT2D eigenvalue weighted by Crippen LogP contribution is 2.37. The third-order valence-corrected chi connectivity index (χ3v) is 6.76. The van der Waals surface area contributed by atoms with Gasteiger partial charge in [-0.05, 0) is 42.0 Å². The predicted octanol–water partition coefficient (Wildman–Crippen LogP) is 5.13. The van der Waals surface area contributed by atoms with Crippen molar-refractivity contribution in [3.05, 3.63) is 100 Å². The van der Waals surface area contributed by atoms with Crippen LogP contribution in [0.15, 0.2) is 73.4 Å². The second kappa shape index (κ2) is 9.27. The number of amides is 1. The summed E-state index contributed by atoms with van der Waals surface area (Å²) in [6.07, 6.45) is 8.69. The minimum atomic E-state index is -0.663. The summed E-state index contributed by atoms with van der Waals surface area (Å²) >= 11 is 12.9. The van der Waals surface area contributed by atoms with Crippen LogP contribution in [0.5, 0.6) is 0 Å². The first-order valence-electron chi connectivity index (χ1n) is 11.4. The number of carbonyl (C=O) groups excluding carboxylic acids is 1. The number of fused-ring (bicyclic) bond motifs is 3. The van der Waals surface area contributed by atoms with Crippen molar-refractivity contribution in [2.75, 3.05) is 0 Å². The van der Waals surface area contributed by atoms with Gasteiger partial charge in [-0.2, -0.15) is 10.4 Å². The summed E-state index contributed by atoms with van der Waals surface area (Å²) in [5, 5.41) is 15.0. The van der Waals surface area contributed by atoms with Crippen LogP contribution in [0.3, 0.4) is 0 Å². The summed E-state index contributed by atoms with van der Waals surface area (Å²) in [4.78, 5) is 25.9. The van der Waals surface area contributed by atoms with Gasteiger partial charge in [-0.25, -0.2) is 9.97 Å². The van der Waals surface area contributed by atoms with E-state index in [1.54, 1.807) is 64.2 Å². The van der Waals surface area contributed by atoms with Gasteiger partial charge in [0, 0.05) is 46.9 Å². The number of pyridine rings is 3. The maximum Gasteiger partial charge on any atom is 0.268 e. The van der Waals surface area contributed by atoms with Gasteiger partial charge in [0.05, 0.1) is 28.3 Å². The summed E-state index contributed by atoms with van der Waals surface area (Å²) in [5.41, 5.74) is 10.8. The highest BCUT2D eigenvalue weighted by molar-refractivity contribution is 6.39. The fraction of sp³-hybridized carbons (Fsp3) is 0.0370. The number of rotatable bonds is 5. The Morgan fingerprint density at radius 1 is 1.05 bits per heavy atom. The lowest BCUT2D eigenvalue weighted by atomic mass is 10.1. The van der Waals surface area contributed by atoms with E-state index < -0.39 is 5.91 Å². The van der Waals surface area contributed by atoms with Crippen molar-refractivity contribution in [3.8, 4) is 28.5 Å². The Morgan fingerprint density at radius 3 is 2.63 bits per heavy atom. The number of hydrogen-bond donors (Lipinski definition) is 1. The molecule has 6 aromatic rings. The van der Waals surface area contributed by atoms with Crippen molar-refractivity contribution in [1.29, 1.82) is 5.26 Å². The molecule has 0 unspecified atom stereocenters. The number of hydrogen-bond acceptors (Lipinski definition) is 6. The molecule has 5 aromatic heterocycles. The molecule has 0 saturated heterocycles. The fourth-order valence-electron chi connectivity index (χ4n) is 4.41. The van der Waals surface area contributed by atoms with Crippen LogP contribution in [0, 0.1) is 11.3 Å². The molecule has 0 bridgehead atoms. The zero-order valence-electron chi connectivity index (χ0n) is 19.5. The minimum absolute atomic E-state index is 0.171. The molecule has 0 aliphatic rings. The summed E-state index contributed by atoms with van der Waals surface area (Å²) in [7, 11) is 0. The second-order valence-electron chi connectivity index (χ2n) is 8.52. The third-order valence-electron chi connectivity index (χ3n) is 6.13. The molecular weight excluding hydrogens is 523 g/mol. The zero-order chi connectivity index (χ0) is 26.4. The Kier molecular flexibility index (Phi) is 5.76. The number of primary amides is 1. The molecule has 6 rings (SSSR count). The third kappa shape index (κ3) is 4.02. The number of carbonyl (C=O) groups is 1. The van der Waals surface area contributed by atoms with Crippen LogP contribution >= 0.6 is 23.2 Å². The van der Waals surface area contributed by atoms with Crippen molar-refractivity contribution in [2.45, 2.75) is 6.54 Å². The fourth-order valence-corrected chi connectivity index (χ4v) is 4.99. The molecule has 0 radical (unpaired) electrons. The number of nitrogens with two attached hydrogens (primary N) is 1. The highest BCUT2D eigenvalue weighted by Gasteiger charge is 2.23. The Bertz CT molecular complexity index is 1920. The van der Waals surface area contributed by atoms with Crippen LogP contribution in [0.4, 0.5) is 0 Å². The molecule has 0 saturated carbocycles. The molecule has 0 atom stereocenters. The largest absolute Gasteiger partial charge is 0.364 e. The van der Waals surface area contributed by atoms with E-state index >= 15 is 0 Å². The predicted molar refractivity (Wildman–Crippen MR) is 144 cm³/mol. The van der Waals surface area contributed by atoms with Crippen molar-refractivity contribution in [2.24, 2.45) is 5.73 Å². The standard InChI is InChI=1S/C27H16Cl2N8O/c28-20-2-1-3-21(29)23(20)24-25(26(31)38)37-7-5-22-19(27(37)35-24)9-16(11-33-22)17-12-34-36(14-17)13-15-4-6-32-18(8-15)10-30/h1-9,11-12,14H,13H2,(H2,31,38). The lowest BCUT2D eigenvalue weighted by molar-refractivity contribution is 0.0995. The topological polar surface area (TPSA) is 128 Å². The molecule has 184 valence electrons. The van der Waals surface area contributed by atoms with Crippen LogP contribution in [0.2, 0.25) is 10.0 Å². The van der Waals surface area contributed by atoms with E-state index in [4.69, 9.17) is 39.2 Å². The first-order chi connectivity index (χ1) is 18.4. The molecule has 9 nitrogen and oxygen atoms in total. The number of benzene rings is 1. The van der Waals surface area contributed by atoms with E-state index in [-0.39, 0.29) is 5.69 Å². The molecule has 0 aliphatic heterocycles. The van der Waals surface area contributed by atoms with Crippen molar-refractivity contribution >= 4 is 45.7 Å². The zero-order valence-corrected chi connectivity index (χ0v) is 21.0. The Hall–Kier alpha value is -4.78. The van der Waals surface area contributed by atoms with Crippen LogP contribution in [-0.4, -0.2) is 35.0 Å². The van der Waals surface area contributed by atoms with Gasteiger partial charge in [0.2, 0.25) is 0 Å². The molecule has 0 spiro atoms. The van der Waals surface area contributed by atoms with Crippen LogP contribution in [-0.2, 0) is 6.54 Å². The quantitative estimate of drug-likeness (QED) is 0.323. The lowest BCUT2D eigenvalue weighted by Gasteiger charge is -2.06. The van der Waals surface area contributed by atoms with Gasteiger partial charge in [0.15, 0.2) is 0 Å². The highest BCUT2D eigenvalue weighted by atomic mass is 35.5. The molecule has 0 aliphatic carbocycles. The van der Waals surface area contributed by atoms with E-state index in [1.165, 1.54) is 0 Å². The molecule has 11 heteroatoms. The van der Waals surface area contributed by atoms with Crippen LogP contribution in [0.25, 0.3) is 38.9 Å². The number of nitriles is 1. The Morgan fingerprint density at radius 2 is 1.87 bits per heavy atom. The summed E-state index contributed by atoms with van der Waals surface area (Å²) in [6, 6.07) is 14.4. The Labute approximate surface area is 225 Å². The smallest absolute Gasteiger partial charge is 0.268 e. The van der Waals surface area contributed by atoms with Gasteiger partial charge in [0.25, 0.3) is 5.91 Å². The number of nitrogens with zero attached hydrogens (tertiary/aromatic N) is 7. The number of aromatic nitrogens is 6. The van der Waals surface area contributed by atoms with Gasteiger partial charge >= 0.3 is 0 Å². The first-order valence-corrected chi connectivity index (χ1v) is 12.1. The minimum Gasteiger partial charge on any atom is -0.364 e.